The van der Waals surface area contributed by atoms with Crippen LogP contribution in [0.1, 0.15) is 11.1 Å². The van der Waals surface area contributed by atoms with E-state index in [4.69, 9.17) is 0 Å². The van der Waals surface area contributed by atoms with Crippen LogP contribution in [-0.2, 0) is 0 Å². The molecule has 0 saturated heterocycles. The quantitative estimate of drug-likeness (QED) is 0.746. The Bertz CT molecular complexity index is 721. The van der Waals surface area contributed by atoms with Gasteiger partial charge in [0.05, 0.1) is 5.52 Å². The Morgan fingerprint density at radius 3 is 2.42 bits per heavy atom. The standard InChI is InChI=1S/C16H15N3/c1-11-8-14-15(9-12(11)2)17-10-18-16(14)19-13-6-4-3-5-7-13/h3-10H,1-2H3,(H,17,18,19). The molecule has 0 aliphatic rings. The number of hydrogen-bond acceptors (Lipinski definition) is 3. The molecule has 0 aliphatic heterocycles. The Kier molecular flexibility index (Phi) is 2.88. The second-order valence-corrected chi connectivity index (χ2v) is 4.67. The van der Waals surface area contributed by atoms with Crippen LogP contribution < -0.4 is 5.32 Å². The van der Waals surface area contributed by atoms with Crippen LogP contribution in [0.5, 0.6) is 0 Å². The van der Waals surface area contributed by atoms with E-state index in [-0.39, 0.29) is 0 Å². The van der Waals surface area contributed by atoms with Gasteiger partial charge in [0.25, 0.3) is 0 Å². The average molecular weight is 249 g/mol. The lowest BCUT2D eigenvalue weighted by Gasteiger charge is -2.09. The Labute approximate surface area is 112 Å². The number of nitrogens with one attached hydrogen (secondary N) is 1. The highest BCUT2D eigenvalue weighted by Gasteiger charge is 2.05. The highest BCUT2D eigenvalue weighted by molar-refractivity contribution is 5.91. The van der Waals surface area contributed by atoms with Crippen molar-refractivity contribution >= 4 is 22.4 Å². The Balaban J connectivity index is 2.11. The molecule has 2 aromatic carbocycles. The van der Waals surface area contributed by atoms with Gasteiger partial charge in [0.2, 0.25) is 0 Å². The van der Waals surface area contributed by atoms with Gasteiger partial charge in [0.1, 0.15) is 12.1 Å². The van der Waals surface area contributed by atoms with Gasteiger partial charge in [-0.3, -0.25) is 0 Å². The summed E-state index contributed by atoms with van der Waals surface area (Å²) >= 11 is 0. The summed E-state index contributed by atoms with van der Waals surface area (Å²) in [5.74, 6) is 0.847. The summed E-state index contributed by atoms with van der Waals surface area (Å²) in [7, 11) is 0. The van der Waals surface area contributed by atoms with E-state index in [1.807, 2.05) is 30.3 Å². The van der Waals surface area contributed by atoms with E-state index in [0.717, 1.165) is 22.4 Å². The molecule has 0 radical (unpaired) electrons. The highest BCUT2D eigenvalue weighted by Crippen LogP contribution is 2.25. The van der Waals surface area contributed by atoms with Gasteiger partial charge >= 0.3 is 0 Å². The topological polar surface area (TPSA) is 37.8 Å². The van der Waals surface area contributed by atoms with Gasteiger partial charge in [-0.05, 0) is 49.2 Å². The molecular formula is C16H15N3. The van der Waals surface area contributed by atoms with Crippen molar-refractivity contribution in [2.75, 3.05) is 5.32 Å². The zero-order chi connectivity index (χ0) is 13.2. The number of para-hydroxylation sites is 1. The summed E-state index contributed by atoms with van der Waals surface area (Å²) in [4.78, 5) is 8.69. The maximum atomic E-state index is 4.35. The number of anilines is 2. The molecule has 1 heterocycles. The predicted octanol–water partition coefficient (Wildman–Crippen LogP) is 3.99. The van der Waals surface area contributed by atoms with Gasteiger partial charge in [-0.25, -0.2) is 9.97 Å². The fourth-order valence-corrected chi connectivity index (χ4v) is 2.07. The second kappa shape index (κ2) is 4.69. The zero-order valence-electron chi connectivity index (χ0n) is 11.0. The highest BCUT2D eigenvalue weighted by atomic mass is 15.0. The van der Waals surface area contributed by atoms with Crippen LogP contribution >= 0.6 is 0 Å². The van der Waals surface area contributed by atoms with Crippen molar-refractivity contribution in [3.63, 3.8) is 0 Å². The van der Waals surface area contributed by atoms with Crippen LogP contribution in [0.25, 0.3) is 10.9 Å². The average Bonchev–Trinajstić information content (AvgIpc) is 2.42. The number of rotatable bonds is 2. The number of aromatic nitrogens is 2. The lowest BCUT2D eigenvalue weighted by Crippen LogP contribution is -1.96. The molecule has 0 aliphatic carbocycles. The molecule has 94 valence electrons. The third-order valence-electron chi connectivity index (χ3n) is 3.29. The lowest BCUT2D eigenvalue weighted by atomic mass is 10.1. The first-order valence-corrected chi connectivity index (χ1v) is 6.28. The summed E-state index contributed by atoms with van der Waals surface area (Å²) in [6.45, 7) is 4.20. The van der Waals surface area contributed by atoms with Crippen LogP contribution in [-0.4, -0.2) is 9.97 Å². The number of fused-ring (bicyclic) bond motifs is 1. The van der Waals surface area contributed by atoms with Crippen molar-refractivity contribution < 1.29 is 0 Å². The summed E-state index contributed by atoms with van der Waals surface area (Å²) in [6.07, 6.45) is 1.60. The van der Waals surface area contributed by atoms with E-state index in [2.05, 4.69) is 41.3 Å². The Morgan fingerprint density at radius 2 is 1.63 bits per heavy atom. The minimum Gasteiger partial charge on any atom is -0.340 e. The predicted molar refractivity (Wildman–Crippen MR) is 78.7 cm³/mol. The van der Waals surface area contributed by atoms with Crippen molar-refractivity contribution in [3.05, 3.63) is 59.9 Å². The minimum atomic E-state index is 0.847. The monoisotopic (exact) mass is 249 g/mol. The van der Waals surface area contributed by atoms with Gasteiger partial charge in [0, 0.05) is 11.1 Å². The van der Waals surface area contributed by atoms with E-state index in [9.17, 15) is 0 Å². The summed E-state index contributed by atoms with van der Waals surface area (Å²) in [6, 6.07) is 14.3. The largest absolute Gasteiger partial charge is 0.340 e. The summed E-state index contributed by atoms with van der Waals surface area (Å²) in [5, 5.41) is 4.39. The first-order chi connectivity index (χ1) is 9.24. The zero-order valence-corrected chi connectivity index (χ0v) is 11.0. The lowest BCUT2D eigenvalue weighted by molar-refractivity contribution is 1.21. The Hall–Kier alpha value is -2.42. The van der Waals surface area contributed by atoms with Crippen LogP contribution in [0.4, 0.5) is 11.5 Å². The minimum absolute atomic E-state index is 0.847. The fraction of sp³-hybridized carbons (Fsp3) is 0.125. The molecule has 0 bridgehead atoms. The molecule has 0 unspecified atom stereocenters. The maximum Gasteiger partial charge on any atom is 0.141 e. The van der Waals surface area contributed by atoms with Crippen LogP contribution in [0.3, 0.4) is 0 Å². The first-order valence-electron chi connectivity index (χ1n) is 6.28. The molecule has 0 atom stereocenters. The van der Waals surface area contributed by atoms with Gasteiger partial charge in [0.15, 0.2) is 0 Å². The molecule has 0 spiro atoms. The first kappa shape index (κ1) is 11.7. The van der Waals surface area contributed by atoms with Gasteiger partial charge in [-0.2, -0.15) is 0 Å². The molecule has 0 amide bonds. The SMILES string of the molecule is Cc1cc2ncnc(Nc3ccccc3)c2cc1C. The number of nitrogens with zero attached hydrogens (tertiary/aromatic N) is 2. The van der Waals surface area contributed by atoms with Crippen molar-refractivity contribution in [3.8, 4) is 0 Å². The van der Waals surface area contributed by atoms with Crippen molar-refractivity contribution in [2.24, 2.45) is 0 Å². The van der Waals surface area contributed by atoms with E-state index in [1.165, 1.54) is 11.1 Å². The van der Waals surface area contributed by atoms with E-state index in [1.54, 1.807) is 6.33 Å². The molecule has 3 aromatic rings. The van der Waals surface area contributed by atoms with E-state index >= 15 is 0 Å². The van der Waals surface area contributed by atoms with Gasteiger partial charge in [-0.1, -0.05) is 18.2 Å². The van der Waals surface area contributed by atoms with Crippen molar-refractivity contribution in [2.45, 2.75) is 13.8 Å². The third kappa shape index (κ3) is 2.27. The molecule has 1 N–H and O–H groups in total. The molecule has 19 heavy (non-hydrogen) atoms. The number of hydrogen-bond donors (Lipinski definition) is 1. The van der Waals surface area contributed by atoms with Gasteiger partial charge in [-0.15, -0.1) is 0 Å². The molecule has 0 saturated carbocycles. The second-order valence-electron chi connectivity index (χ2n) is 4.67. The van der Waals surface area contributed by atoms with Gasteiger partial charge < -0.3 is 5.32 Å². The molecule has 0 fully saturated rings. The molecule has 3 heteroatoms. The van der Waals surface area contributed by atoms with Crippen molar-refractivity contribution in [1.82, 2.24) is 9.97 Å². The normalized spacial score (nSPS) is 10.6. The summed E-state index contributed by atoms with van der Waals surface area (Å²) < 4.78 is 0. The molecule has 3 rings (SSSR count). The molecular weight excluding hydrogens is 234 g/mol. The fourth-order valence-electron chi connectivity index (χ4n) is 2.07. The van der Waals surface area contributed by atoms with E-state index in [0.29, 0.717) is 0 Å². The number of aryl methyl sites for hydroxylation is 2. The molecule has 3 nitrogen and oxygen atoms in total. The third-order valence-corrected chi connectivity index (χ3v) is 3.29. The Morgan fingerprint density at radius 1 is 0.895 bits per heavy atom. The number of benzene rings is 2. The summed E-state index contributed by atoms with van der Waals surface area (Å²) in [5.41, 5.74) is 4.49. The maximum absolute atomic E-state index is 4.35. The van der Waals surface area contributed by atoms with E-state index < -0.39 is 0 Å². The molecule has 1 aromatic heterocycles. The van der Waals surface area contributed by atoms with Crippen molar-refractivity contribution in [1.29, 1.82) is 0 Å². The smallest absolute Gasteiger partial charge is 0.141 e. The van der Waals surface area contributed by atoms with Crippen LogP contribution in [0.2, 0.25) is 0 Å². The van der Waals surface area contributed by atoms with Crippen LogP contribution in [0, 0.1) is 13.8 Å². The van der Waals surface area contributed by atoms with Crippen LogP contribution in [0.15, 0.2) is 48.8 Å².